The van der Waals surface area contributed by atoms with E-state index in [4.69, 9.17) is 16.2 Å². The van der Waals surface area contributed by atoms with Crippen LogP contribution in [0.4, 0.5) is 8.78 Å². The summed E-state index contributed by atoms with van der Waals surface area (Å²) in [5.74, 6) is -0.222. The second kappa shape index (κ2) is 11.7. The topological polar surface area (TPSA) is 112 Å². The Labute approximate surface area is 162 Å². The molecule has 2 atom stereocenters. The molecule has 2 unspecified atom stereocenters. The van der Waals surface area contributed by atoms with E-state index in [-0.39, 0.29) is 5.92 Å². The molecule has 9 heteroatoms. The van der Waals surface area contributed by atoms with E-state index >= 15 is 0 Å². The summed E-state index contributed by atoms with van der Waals surface area (Å²) in [5, 5.41) is 0.436. The van der Waals surface area contributed by atoms with Crippen molar-refractivity contribution >= 4 is 23.1 Å². The molecule has 0 amide bonds. The lowest BCUT2D eigenvalue weighted by atomic mass is 9.76. The first kappa shape index (κ1) is 23.1. The van der Waals surface area contributed by atoms with Crippen LogP contribution < -0.4 is 17.2 Å². The number of rotatable bonds is 2. The van der Waals surface area contributed by atoms with Crippen LogP contribution in [0.1, 0.15) is 12.0 Å². The molecule has 1 fully saturated rings. The minimum absolute atomic E-state index is 0.165. The maximum absolute atomic E-state index is 14.1. The number of allylic oxidation sites excluding steroid dienone is 1. The molecule has 150 valence electrons. The number of amidine groups is 1. The van der Waals surface area contributed by atoms with Crippen LogP contribution in [-0.4, -0.2) is 44.4 Å². The Bertz CT molecular complexity index is 674. The predicted molar refractivity (Wildman–Crippen MR) is 109 cm³/mol. The highest BCUT2D eigenvalue weighted by atomic mass is 32.2. The minimum atomic E-state index is -0.800. The normalized spacial score (nSPS) is 24.3. The minimum Gasteiger partial charge on any atom is -0.405 e. The van der Waals surface area contributed by atoms with E-state index in [1.807, 2.05) is 0 Å². The highest BCUT2D eigenvalue weighted by Crippen LogP contribution is 2.45. The Balaban J connectivity index is 0.000000392. The molecule has 1 aromatic carbocycles. The molecule has 1 aromatic rings. The summed E-state index contributed by atoms with van der Waals surface area (Å²) in [6, 6.07) is 3.61. The zero-order chi connectivity index (χ0) is 20.3. The van der Waals surface area contributed by atoms with Gasteiger partial charge in [-0.2, -0.15) is 0 Å². The Hall–Kier alpha value is -1.97. The number of hydrogen-bond donors (Lipinski definition) is 3. The standard InChI is InChI=1S/C13H14F2N2OS.C4H8N2.CH5N/c14-9-1-2-10(11(15)5-9)13-7-18-4-3-8(13)6-19-12(16)17-13;1-6-4-2-3-5;1-2/h1-2,5,8H,3-4,6-7H2,(H2,16,17);2-4H,5H2,1H3;2H2,1H3/b;3-2-,6-4?;. The van der Waals surface area contributed by atoms with Gasteiger partial charge in [-0.3, -0.25) is 4.99 Å². The lowest BCUT2D eigenvalue weighted by Gasteiger charge is -2.43. The summed E-state index contributed by atoms with van der Waals surface area (Å²) in [6.45, 7) is 0.937. The number of nitrogens with zero attached hydrogens (tertiary/aromatic N) is 2. The fraction of sp³-hybridized carbons (Fsp3) is 0.444. The molecule has 0 saturated carbocycles. The van der Waals surface area contributed by atoms with Crippen LogP contribution in [0.2, 0.25) is 0 Å². The largest absolute Gasteiger partial charge is 0.405 e. The molecule has 2 aliphatic rings. The first-order valence-electron chi connectivity index (χ1n) is 8.41. The van der Waals surface area contributed by atoms with Crippen LogP contribution >= 0.6 is 11.8 Å². The summed E-state index contributed by atoms with van der Waals surface area (Å²) in [6.07, 6.45) is 5.54. The molecule has 2 heterocycles. The molecule has 0 aliphatic carbocycles. The van der Waals surface area contributed by atoms with E-state index in [1.165, 1.54) is 37.1 Å². The van der Waals surface area contributed by atoms with E-state index in [1.54, 1.807) is 19.3 Å². The molecular formula is C18H27F2N5OS. The third-order valence-corrected chi connectivity index (χ3v) is 5.05. The number of fused-ring (bicyclic) bond motifs is 1. The van der Waals surface area contributed by atoms with Crippen LogP contribution in [0.25, 0.3) is 0 Å². The fourth-order valence-corrected chi connectivity index (χ4v) is 3.95. The molecule has 1 saturated heterocycles. The van der Waals surface area contributed by atoms with Gasteiger partial charge in [0.25, 0.3) is 0 Å². The first-order chi connectivity index (χ1) is 13.0. The van der Waals surface area contributed by atoms with Gasteiger partial charge in [0.15, 0.2) is 5.17 Å². The van der Waals surface area contributed by atoms with Gasteiger partial charge in [-0.15, -0.1) is 0 Å². The van der Waals surface area contributed by atoms with Crippen molar-refractivity contribution in [3.63, 3.8) is 0 Å². The summed E-state index contributed by atoms with van der Waals surface area (Å²) in [5.41, 5.74) is 14.8. The maximum Gasteiger partial charge on any atom is 0.154 e. The predicted octanol–water partition coefficient (Wildman–Crippen LogP) is 1.99. The van der Waals surface area contributed by atoms with E-state index < -0.39 is 17.2 Å². The SMILES string of the molecule is CN.CN=C/C=C\N.NC1=NC2(c3ccc(F)cc3F)COCCC2CS1. The number of ether oxygens (including phenoxy) is 1. The Morgan fingerprint density at radius 1 is 1.37 bits per heavy atom. The molecule has 0 radical (unpaired) electrons. The molecule has 2 aliphatic heterocycles. The van der Waals surface area contributed by atoms with Gasteiger partial charge in [0.1, 0.15) is 17.2 Å². The van der Waals surface area contributed by atoms with Crippen molar-refractivity contribution in [3.05, 3.63) is 47.7 Å². The number of thioether (sulfide) groups is 1. The highest BCUT2D eigenvalue weighted by Gasteiger charge is 2.47. The summed E-state index contributed by atoms with van der Waals surface area (Å²) in [4.78, 5) is 8.10. The van der Waals surface area contributed by atoms with Crippen LogP contribution in [-0.2, 0) is 10.3 Å². The third kappa shape index (κ3) is 6.02. The van der Waals surface area contributed by atoms with E-state index in [9.17, 15) is 8.78 Å². The first-order valence-corrected chi connectivity index (χ1v) is 9.40. The van der Waals surface area contributed by atoms with Crippen molar-refractivity contribution in [2.75, 3.05) is 33.1 Å². The molecule has 0 bridgehead atoms. The van der Waals surface area contributed by atoms with Gasteiger partial charge in [-0.1, -0.05) is 17.8 Å². The molecular weight excluding hydrogens is 372 g/mol. The highest BCUT2D eigenvalue weighted by molar-refractivity contribution is 8.13. The lowest BCUT2D eigenvalue weighted by molar-refractivity contribution is 0.00297. The molecule has 6 N–H and O–H groups in total. The van der Waals surface area contributed by atoms with Crippen LogP contribution in [0, 0.1) is 17.6 Å². The van der Waals surface area contributed by atoms with Crippen LogP contribution in [0.15, 0.2) is 40.5 Å². The second-order valence-electron chi connectivity index (χ2n) is 5.64. The Kier molecular flexibility index (Phi) is 9.98. The molecule has 3 rings (SSSR count). The Morgan fingerprint density at radius 3 is 2.70 bits per heavy atom. The van der Waals surface area contributed by atoms with Gasteiger partial charge in [0.2, 0.25) is 0 Å². The quantitative estimate of drug-likeness (QED) is 0.659. The number of halogens is 2. The van der Waals surface area contributed by atoms with Gasteiger partial charge in [-0.25, -0.2) is 13.8 Å². The van der Waals surface area contributed by atoms with Crippen molar-refractivity contribution in [2.45, 2.75) is 12.0 Å². The maximum atomic E-state index is 14.1. The third-order valence-electron chi connectivity index (χ3n) is 4.09. The van der Waals surface area contributed by atoms with Crippen LogP contribution in [0.3, 0.4) is 0 Å². The molecule has 27 heavy (non-hydrogen) atoms. The van der Waals surface area contributed by atoms with Gasteiger partial charge < -0.3 is 21.9 Å². The summed E-state index contributed by atoms with van der Waals surface area (Å²) >= 11 is 1.48. The van der Waals surface area contributed by atoms with Crippen molar-refractivity contribution in [1.29, 1.82) is 0 Å². The van der Waals surface area contributed by atoms with E-state index in [2.05, 4.69) is 15.7 Å². The van der Waals surface area contributed by atoms with Crippen molar-refractivity contribution < 1.29 is 13.5 Å². The molecule has 0 spiro atoms. The van der Waals surface area contributed by atoms with Gasteiger partial charge in [-0.05, 0) is 31.8 Å². The van der Waals surface area contributed by atoms with Crippen LogP contribution in [0.5, 0.6) is 0 Å². The monoisotopic (exact) mass is 399 g/mol. The van der Waals surface area contributed by atoms with Gasteiger partial charge in [0.05, 0.1) is 6.61 Å². The molecule has 0 aromatic heterocycles. The zero-order valence-corrected chi connectivity index (χ0v) is 16.4. The van der Waals surface area contributed by atoms with E-state index in [0.29, 0.717) is 23.9 Å². The average Bonchev–Trinajstić information content (AvgIpc) is 2.68. The fourth-order valence-electron chi connectivity index (χ4n) is 2.90. The number of hydrogen-bond acceptors (Lipinski definition) is 7. The smallest absolute Gasteiger partial charge is 0.154 e. The summed E-state index contributed by atoms with van der Waals surface area (Å²) < 4.78 is 32.7. The molecule has 6 nitrogen and oxygen atoms in total. The van der Waals surface area contributed by atoms with Gasteiger partial charge in [0, 0.05) is 43.2 Å². The second-order valence-corrected chi connectivity index (χ2v) is 6.68. The summed E-state index contributed by atoms with van der Waals surface area (Å²) in [7, 11) is 3.19. The van der Waals surface area contributed by atoms with Crippen molar-refractivity contribution in [1.82, 2.24) is 0 Å². The zero-order valence-electron chi connectivity index (χ0n) is 15.6. The van der Waals surface area contributed by atoms with Gasteiger partial charge >= 0.3 is 0 Å². The number of nitrogens with two attached hydrogens (primary N) is 3. The van der Waals surface area contributed by atoms with E-state index in [0.717, 1.165) is 18.2 Å². The lowest BCUT2D eigenvalue weighted by Crippen LogP contribution is -2.48. The average molecular weight is 400 g/mol. The number of benzene rings is 1. The number of aliphatic imine (C=N–C) groups is 2. The van der Waals surface area contributed by atoms with Crippen molar-refractivity contribution in [3.8, 4) is 0 Å². The Morgan fingerprint density at radius 2 is 2.11 bits per heavy atom. The van der Waals surface area contributed by atoms with Crippen molar-refractivity contribution in [2.24, 2.45) is 33.1 Å².